The fraction of sp³-hybridized carbons (Fsp3) is 0.917. The number of hydrogen-bond acceptors (Lipinski definition) is 3. The van der Waals surface area contributed by atoms with Crippen LogP contribution < -0.4 is 5.32 Å². The minimum atomic E-state index is 0.130. The van der Waals surface area contributed by atoms with Gasteiger partial charge in [-0.2, -0.15) is 0 Å². The summed E-state index contributed by atoms with van der Waals surface area (Å²) >= 11 is 3.43. The molecule has 1 unspecified atom stereocenters. The van der Waals surface area contributed by atoms with Gasteiger partial charge in [0.15, 0.2) is 0 Å². The first-order chi connectivity index (χ1) is 8.15. The smallest absolute Gasteiger partial charge is 0.220 e. The van der Waals surface area contributed by atoms with E-state index in [0.29, 0.717) is 31.6 Å². The van der Waals surface area contributed by atoms with Gasteiger partial charge in [0.2, 0.25) is 5.91 Å². The predicted octanol–water partition coefficient (Wildman–Crippen LogP) is 1.72. The largest absolute Gasteiger partial charge is 0.383 e. The van der Waals surface area contributed by atoms with Crippen molar-refractivity contribution in [2.75, 3.05) is 26.9 Å². The van der Waals surface area contributed by atoms with Gasteiger partial charge in [0.05, 0.1) is 17.5 Å². The lowest BCUT2D eigenvalue weighted by atomic mass is 9.80. The Morgan fingerprint density at radius 2 is 2.24 bits per heavy atom. The third-order valence-electron chi connectivity index (χ3n) is 2.94. The van der Waals surface area contributed by atoms with Crippen molar-refractivity contribution in [3.05, 3.63) is 0 Å². The van der Waals surface area contributed by atoms with Crippen molar-refractivity contribution in [3.63, 3.8) is 0 Å². The van der Waals surface area contributed by atoms with Gasteiger partial charge in [0.1, 0.15) is 0 Å². The van der Waals surface area contributed by atoms with E-state index in [9.17, 15) is 4.79 Å². The van der Waals surface area contributed by atoms with E-state index in [1.54, 1.807) is 7.11 Å². The first-order valence-electron chi connectivity index (χ1n) is 6.17. The highest BCUT2D eigenvalue weighted by atomic mass is 79.9. The third kappa shape index (κ3) is 5.84. The molecule has 4 nitrogen and oxygen atoms in total. The van der Waals surface area contributed by atoms with Gasteiger partial charge in [-0.3, -0.25) is 4.79 Å². The molecule has 0 saturated heterocycles. The van der Waals surface area contributed by atoms with Crippen LogP contribution in [0.4, 0.5) is 0 Å². The Balaban J connectivity index is 2.03. The van der Waals surface area contributed by atoms with Gasteiger partial charge in [-0.25, -0.2) is 0 Å². The number of hydrogen-bond donors (Lipinski definition) is 1. The highest BCUT2D eigenvalue weighted by molar-refractivity contribution is 9.09. The van der Waals surface area contributed by atoms with E-state index in [0.717, 1.165) is 19.4 Å². The molecule has 0 aliphatic heterocycles. The Morgan fingerprint density at radius 1 is 1.53 bits per heavy atom. The number of halogens is 1. The van der Waals surface area contributed by atoms with Gasteiger partial charge in [0.25, 0.3) is 0 Å². The average molecular weight is 308 g/mol. The lowest BCUT2D eigenvalue weighted by molar-refractivity contribution is -0.124. The van der Waals surface area contributed by atoms with E-state index in [1.807, 2.05) is 6.92 Å². The van der Waals surface area contributed by atoms with Crippen molar-refractivity contribution in [1.82, 2.24) is 5.32 Å². The molecular formula is C12H22BrNO3. The molecule has 1 atom stereocenters. The Labute approximate surface area is 112 Å². The summed E-state index contributed by atoms with van der Waals surface area (Å²) in [4.78, 5) is 11.8. The second-order valence-electron chi connectivity index (χ2n) is 4.48. The van der Waals surface area contributed by atoms with E-state index in [4.69, 9.17) is 9.47 Å². The first kappa shape index (κ1) is 14.9. The number of amides is 1. The first-order valence-corrected chi connectivity index (χ1v) is 7.08. The molecule has 0 spiro atoms. The second-order valence-corrected chi connectivity index (χ2v) is 5.77. The van der Waals surface area contributed by atoms with Crippen molar-refractivity contribution >= 4 is 21.8 Å². The number of alkyl halides is 1. The zero-order chi connectivity index (χ0) is 12.7. The number of nitrogens with one attached hydrogen (secondary N) is 1. The van der Waals surface area contributed by atoms with E-state index in [2.05, 4.69) is 21.2 Å². The second kappa shape index (κ2) is 8.06. The van der Waals surface area contributed by atoms with Crippen LogP contribution in [0.5, 0.6) is 0 Å². The molecule has 17 heavy (non-hydrogen) atoms. The molecule has 1 saturated carbocycles. The van der Waals surface area contributed by atoms with Crippen molar-refractivity contribution in [2.24, 2.45) is 5.92 Å². The monoisotopic (exact) mass is 307 g/mol. The predicted molar refractivity (Wildman–Crippen MR) is 70.4 cm³/mol. The Hall–Kier alpha value is -0.130. The minimum absolute atomic E-state index is 0.130. The van der Waals surface area contributed by atoms with E-state index in [-0.39, 0.29) is 10.7 Å². The highest BCUT2D eigenvalue weighted by Gasteiger charge is 2.30. The summed E-state index contributed by atoms with van der Waals surface area (Å²) in [5.41, 5.74) is 0. The molecule has 1 amide bonds. The number of rotatable bonds is 8. The summed E-state index contributed by atoms with van der Waals surface area (Å²) in [6.07, 6.45) is 3.06. The van der Waals surface area contributed by atoms with Crippen LogP contribution in [-0.4, -0.2) is 43.7 Å². The summed E-state index contributed by atoms with van der Waals surface area (Å²) in [6, 6.07) is 0. The average Bonchev–Trinajstić information content (AvgIpc) is 2.24. The number of methoxy groups -OCH3 is 1. The molecule has 1 N–H and O–H groups in total. The Kier molecular flexibility index (Phi) is 7.08. The van der Waals surface area contributed by atoms with Crippen molar-refractivity contribution in [3.8, 4) is 0 Å². The molecule has 0 aromatic heterocycles. The molecule has 0 aromatic carbocycles. The molecule has 0 aromatic rings. The summed E-state index contributed by atoms with van der Waals surface area (Å²) in [5, 5.41) is 2.91. The molecule has 0 heterocycles. The van der Waals surface area contributed by atoms with Crippen molar-refractivity contribution in [2.45, 2.75) is 37.1 Å². The maximum atomic E-state index is 11.6. The summed E-state index contributed by atoms with van der Waals surface area (Å²) in [5.74, 6) is 0.633. The number of carbonyl (C=O) groups excluding carboxylic acids is 1. The zero-order valence-electron chi connectivity index (χ0n) is 10.6. The van der Waals surface area contributed by atoms with Gasteiger partial charge in [-0.05, 0) is 25.7 Å². The SMILES string of the molecule is CCOC1CC(CC(=O)NCC(Br)COC)C1. The molecule has 5 heteroatoms. The molecule has 0 radical (unpaired) electrons. The van der Waals surface area contributed by atoms with Crippen LogP contribution in [0, 0.1) is 5.92 Å². The lowest BCUT2D eigenvalue weighted by Gasteiger charge is -2.34. The van der Waals surface area contributed by atoms with Gasteiger partial charge in [-0.15, -0.1) is 0 Å². The molecule has 100 valence electrons. The van der Waals surface area contributed by atoms with Crippen molar-refractivity contribution in [1.29, 1.82) is 0 Å². The quantitative estimate of drug-likeness (QED) is 0.695. The molecule has 1 aliphatic rings. The maximum Gasteiger partial charge on any atom is 0.220 e. The van der Waals surface area contributed by atoms with Gasteiger partial charge < -0.3 is 14.8 Å². The van der Waals surface area contributed by atoms with Gasteiger partial charge in [-0.1, -0.05) is 15.9 Å². The minimum Gasteiger partial charge on any atom is -0.383 e. The van der Waals surface area contributed by atoms with Crippen LogP contribution in [0.25, 0.3) is 0 Å². The summed E-state index contributed by atoms with van der Waals surface area (Å²) in [7, 11) is 1.65. The highest BCUT2D eigenvalue weighted by Crippen LogP contribution is 2.32. The van der Waals surface area contributed by atoms with Crippen LogP contribution in [0.1, 0.15) is 26.2 Å². The fourth-order valence-electron chi connectivity index (χ4n) is 2.01. The maximum absolute atomic E-state index is 11.6. The fourth-order valence-corrected chi connectivity index (χ4v) is 2.44. The van der Waals surface area contributed by atoms with Gasteiger partial charge in [0, 0.05) is 26.7 Å². The summed E-state index contributed by atoms with van der Waals surface area (Å²) < 4.78 is 10.4. The van der Waals surface area contributed by atoms with E-state index >= 15 is 0 Å². The standard InChI is InChI=1S/C12H22BrNO3/c1-3-17-11-4-9(5-11)6-12(15)14-7-10(13)8-16-2/h9-11H,3-8H2,1-2H3,(H,14,15). The topological polar surface area (TPSA) is 47.6 Å². The normalized spacial score (nSPS) is 25.1. The van der Waals surface area contributed by atoms with E-state index < -0.39 is 0 Å². The van der Waals surface area contributed by atoms with Crippen LogP contribution in [0.15, 0.2) is 0 Å². The van der Waals surface area contributed by atoms with Crippen LogP contribution in [0.3, 0.4) is 0 Å². The van der Waals surface area contributed by atoms with Crippen LogP contribution in [-0.2, 0) is 14.3 Å². The number of carbonyl (C=O) groups is 1. The molecule has 1 aliphatic carbocycles. The summed E-state index contributed by atoms with van der Waals surface area (Å²) in [6.45, 7) is 4.00. The zero-order valence-corrected chi connectivity index (χ0v) is 12.2. The van der Waals surface area contributed by atoms with E-state index in [1.165, 1.54) is 0 Å². The molecule has 1 fully saturated rings. The van der Waals surface area contributed by atoms with Crippen LogP contribution >= 0.6 is 15.9 Å². The molecular weight excluding hydrogens is 286 g/mol. The van der Waals surface area contributed by atoms with Crippen LogP contribution in [0.2, 0.25) is 0 Å². The van der Waals surface area contributed by atoms with Gasteiger partial charge >= 0.3 is 0 Å². The number of ether oxygens (including phenoxy) is 2. The molecule has 0 bridgehead atoms. The Morgan fingerprint density at radius 3 is 2.82 bits per heavy atom. The third-order valence-corrected chi connectivity index (χ3v) is 3.53. The Bertz CT molecular complexity index is 232. The van der Waals surface area contributed by atoms with Crippen molar-refractivity contribution < 1.29 is 14.3 Å². The lowest BCUT2D eigenvalue weighted by Crippen LogP contribution is -2.37. The molecule has 1 rings (SSSR count).